The van der Waals surface area contributed by atoms with Crippen LogP contribution in [0.25, 0.3) is 5.69 Å². The van der Waals surface area contributed by atoms with Crippen LogP contribution in [0.3, 0.4) is 0 Å². The number of rotatable bonds is 7. The van der Waals surface area contributed by atoms with Crippen molar-refractivity contribution in [2.24, 2.45) is 5.10 Å². The van der Waals surface area contributed by atoms with E-state index in [-0.39, 0.29) is 12.5 Å². The number of hydrogen-bond acceptors (Lipinski definition) is 4. The van der Waals surface area contributed by atoms with E-state index in [2.05, 4.69) is 37.1 Å². The van der Waals surface area contributed by atoms with E-state index in [4.69, 9.17) is 9.47 Å². The van der Waals surface area contributed by atoms with Crippen molar-refractivity contribution in [3.8, 4) is 17.2 Å². The Labute approximate surface area is 178 Å². The molecule has 3 rings (SSSR count). The third kappa shape index (κ3) is 5.06. The molecule has 0 unspecified atom stereocenters. The first-order chi connectivity index (χ1) is 14.0. The molecule has 1 aromatic heterocycles. The van der Waals surface area contributed by atoms with Gasteiger partial charge in [-0.2, -0.15) is 5.10 Å². The fourth-order valence-electron chi connectivity index (χ4n) is 3.02. The molecule has 2 aromatic carbocycles. The van der Waals surface area contributed by atoms with Crippen LogP contribution >= 0.6 is 15.9 Å². The summed E-state index contributed by atoms with van der Waals surface area (Å²) in [5.41, 5.74) is 6.58. The second-order valence-corrected chi connectivity index (χ2v) is 7.29. The van der Waals surface area contributed by atoms with Gasteiger partial charge in [-0.05, 0) is 50.2 Å². The first-order valence-corrected chi connectivity index (χ1v) is 9.81. The minimum atomic E-state index is -0.354. The maximum absolute atomic E-state index is 12.0. The number of nitrogens with one attached hydrogen (secondary N) is 1. The van der Waals surface area contributed by atoms with Crippen LogP contribution in [0.1, 0.15) is 17.0 Å². The molecule has 1 amide bonds. The molecule has 0 radical (unpaired) electrons. The van der Waals surface area contributed by atoms with Gasteiger partial charge in [0.25, 0.3) is 5.91 Å². The molecule has 0 bridgehead atoms. The molecule has 0 fully saturated rings. The van der Waals surface area contributed by atoms with E-state index in [1.807, 2.05) is 50.2 Å². The number of ether oxygens (including phenoxy) is 2. The maximum Gasteiger partial charge on any atom is 0.277 e. The van der Waals surface area contributed by atoms with Crippen molar-refractivity contribution >= 4 is 28.1 Å². The number of aryl methyl sites for hydroxylation is 1. The summed E-state index contributed by atoms with van der Waals surface area (Å²) in [6, 6.07) is 17.3. The molecule has 0 aliphatic carbocycles. The van der Waals surface area contributed by atoms with Gasteiger partial charge < -0.3 is 14.0 Å². The lowest BCUT2D eigenvalue weighted by Gasteiger charge is -2.10. The summed E-state index contributed by atoms with van der Waals surface area (Å²) < 4.78 is 13.8. The lowest BCUT2D eigenvalue weighted by Crippen LogP contribution is -2.24. The first-order valence-electron chi connectivity index (χ1n) is 9.02. The first kappa shape index (κ1) is 20.7. The molecule has 150 valence electrons. The minimum absolute atomic E-state index is 0.158. The number of carbonyl (C=O) groups excluding carboxylic acids is 1. The average Bonchev–Trinajstić information content (AvgIpc) is 2.99. The van der Waals surface area contributed by atoms with E-state index in [0.29, 0.717) is 11.5 Å². The number of aromatic nitrogens is 1. The molecule has 0 saturated heterocycles. The molecular weight excluding hydrogens is 434 g/mol. The smallest absolute Gasteiger partial charge is 0.277 e. The van der Waals surface area contributed by atoms with E-state index in [0.717, 1.165) is 27.1 Å². The molecule has 6 nitrogen and oxygen atoms in total. The zero-order valence-electron chi connectivity index (χ0n) is 16.5. The summed E-state index contributed by atoms with van der Waals surface area (Å²) in [5.74, 6) is 0.725. The highest BCUT2D eigenvalue weighted by molar-refractivity contribution is 9.10. The van der Waals surface area contributed by atoms with E-state index in [9.17, 15) is 4.79 Å². The molecule has 0 saturated carbocycles. The van der Waals surface area contributed by atoms with Crippen molar-refractivity contribution in [1.29, 1.82) is 0 Å². The normalized spacial score (nSPS) is 10.9. The highest BCUT2D eigenvalue weighted by Crippen LogP contribution is 2.25. The standard InChI is InChI=1S/C22H22BrN3O3/c1-15-11-17(16(2)26(15)19-8-6-7-18(23)12-19)13-24-25-22(27)14-29-21-10-5-4-9-20(21)28-3/h4-13H,14H2,1-3H3,(H,25,27)/b24-13-. The molecule has 29 heavy (non-hydrogen) atoms. The Bertz CT molecular complexity index is 1040. The van der Waals surface area contributed by atoms with Gasteiger partial charge in [0, 0.05) is 27.1 Å². The van der Waals surface area contributed by atoms with Crippen LogP contribution in [0.4, 0.5) is 0 Å². The number of methoxy groups -OCH3 is 1. The van der Waals surface area contributed by atoms with Gasteiger partial charge in [0.15, 0.2) is 18.1 Å². The van der Waals surface area contributed by atoms with Gasteiger partial charge in [-0.25, -0.2) is 5.43 Å². The van der Waals surface area contributed by atoms with E-state index < -0.39 is 0 Å². The van der Waals surface area contributed by atoms with Crippen LogP contribution in [-0.2, 0) is 4.79 Å². The van der Waals surface area contributed by atoms with Crippen LogP contribution in [0.5, 0.6) is 11.5 Å². The monoisotopic (exact) mass is 455 g/mol. The van der Waals surface area contributed by atoms with Crippen LogP contribution in [0.2, 0.25) is 0 Å². The number of para-hydroxylation sites is 2. The molecule has 1 heterocycles. The molecule has 0 aliphatic rings. The second kappa shape index (κ2) is 9.43. The molecule has 0 atom stereocenters. The average molecular weight is 456 g/mol. The lowest BCUT2D eigenvalue weighted by molar-refractivity contribution is -0.123. The highest BCUT2D eigenvalue weighted by Gasteiger charge is 2.10. The second-order valence-electron chi connectivity index (χ2n) is 6.37. The Morgan fingerprint density at radius 2 is 1.90 bits per heavy atom. The van der Waals surface area contributed by atoms with E-state index >= 15 is 0 Å². The summed E-state index contributed by atoms with van der Waals surface area (Å²) in [7, 11) is 1.55. The highest BCUT2D eigenvalue weighted by atomic mass is 79.9. The molecular formula is C22H22BrN3O3. The minimum Gasteiger partial charge on any atom is -0.493 e. The molecule has 3 aromatic rings. The topological polar surface area (TPSA) is 64.8 Å². The predicted octanol–water partition coefficient (Wildman–Crippen LogP) is 4.39. The molecule has 7 heteroatoms. The third-order valence-corrected chi connectivity index (χ3v) is 4.85. The molecule has 0 spiro atoms. The van der Waals surface area contributed by atoms with Gasteiger partial charge >= 0.3 is 0 Å². The summed E-state index contributed by atoms with van der Waals surface area (Å²) in [4.78, 5) is 12.0. The van der Waals surface area contributed by atoms with Crippen LogP contribution in [0, 0.1) is 13.8 Å². The van der Waals surface area contributed by atoms with Gasteiger partial charge in [0.1, 0.15) is 0 Å². The van der Waals surface area contributed by atoms with Crippen molar-refractivity contribution in [2.75, 3.05) is 13.7 Å². The fourth-order valence-corrected chi connectivity index (χ4v) is 3.41. The number of carbonyl (C=O) groups is 1. The van der Waals surface area contributed by atoms with Gasteiger partial charge in [-0.15, -0.1) is 0 Å². The quantitative estimate of drug-likeness (QED) is 0.424. The van der Waals surface area contributed by atoms with Gasteiger partial charge in [0.2, 0.25) is 0 Å². The zero-order chi connectivity index (χ0) is 20.8. The Balaban J connectivity index is 1.63. The van der Waals surface area contributed by atoms with Crippen molar-refractivity contribution in [1.82, 2.24) is 9.99 Å². The van der Waals surface area contributed by atoms with E-state index in [1.54, 1.807) is 25.5 Å². The van der Waals surface area contributed by atoms with Crippen molar-refractivity contribution in [3.05, 3.63) is 76.0 Å². The number of benzene rings is 2. The van der Waals surface area contributed by atoms with Crippen molar-refractivity contribution in [2.45, 2.75) is 13.8 Å². The number of amides is 1. The van der Waals surface area contributed by atoms with Crippen LogP contribution in [0.15, 0.2) is 64.2 Å². The Hall–Kier alpha value is -3.06. The summed E-state index contributed by atoms with van der Waals surface area (Å²) >= 11 is 3.51. The summed E-state index contributed by atoms with van der Waals surface area (Å²) in [6.45, 7) is 3.89. The maximum atomic E-state index is 12.0. The van der Waals surface area contributed by atoms with Gasteiger partial charge in [-0.3, -0.25) is 4.79 Å². The lowest BCUT2D eigenvalue weighted by atomic mass is 10.2. The molecule has 1 N–H and O–H groups in total. The number of hydrazone groups is 1. The summed E-state index contributed by atoms with van der Waals surface area (Å²) in [6.07, 6.45) is 1.64. The predicted molar refractivity (Wildman–Crippen MR) is 117 cm³/mol. The number of hydrogen-bond donors (Lipinski definition) is 1. The Morgan fingerprint density at radius 3 is 2.62 bits per heavy atom. The SMILES string of the molecule is COc1ccccc1OCC(=O)N/N=C\c1cc(C)n(-c2cccc(Br)c2)c1C. The van der Waals surface area contributed by atoms with E-state index in [1.165, 1.54) is 0 Å². The largest absolute Gasteiger partial charge is 0.493 e. The summed E-state index contributed by atoms with van der Waals surface area (Å²) in [5, 5.41) is 4.06. The molecule has 0 aliphatic heterocycles. The Morgan fingerprint density at radius 1 is 1.14 bits per heavy atom. The van der Waals surface area contributed by atoms with Crippen LogP contribution < -0.4 is 14.9 Å². The third-order valence-electron chi connectivity index (χ3n) is 4.36. The van der Waals surface area contributed by atoms with Gasteiger partial charge in [-0.1, -0.05) is 34.1 Å². The zero-order valence-corrected chi connectivity index (χ0v) is 18.1. The Kier molecular flexibility index (Phi) is 6.72. The number of halogens is 1. The van der Waals surface area contributed by atoms with Crippen molar-refractivity contribution in [3.63, 3.8) is 0 Å². The van der Waals surface area contributed by atoms with Gasteiger partial charge in [0.05, 0.1) is 13.3 Å². The fraction of sp³-hybridized carbons (Fsp3) is 0.182. The number of nitrogens with zero attached hydrogens (tertiary/aromatic N) is 2. The van der Waals surface area contributed by atoms with Crippen molar-refractivity contribution < 1.29 is 14.3 Å². The van der Waals surface area contributed by atoms with Crippen LogP contribution in [-0.4, -0.2) is 30.4 Å².